The van der Waals surface area contributed by atoms with Crippen LogP contribution in [-0.2, 0) is 16.2 Å². The van der Waals surface area contributed by atoms with Crippen molar-refractivity contribution < 1.29 is 21.6 Å². The molecule has 0 saturated carbocycles. The number of hydrogen-bond acceptors (Lipinski definition) is 4. The van der Waals surface area contributed by atoms with Gasteiger partial charge in [0.25, 0.3) is 10.0 Å². The first-order chi connectivity index (χ1) is 11.7. The van der Waals surface area contributed by atoms with Gasteiger partial charge in [0.1, 0.15) is 0 Å². The van der Waals surface area contributed by atoms with Crippen molar-refractivity contribution in [2.75, 3.05) is 22.3 Å². The van der Waals surface area contributed by atoms with Gasteiger partial charge >= 0.3 is 6.18 Å². The van der Waals surface area contributed by atoms with Gasteiger partial charge in [-0.25, -0.2) is 8.42 Å². The molecule has 1 aliphatic rings. The molecule has 0 aromatic heterocycles. The monoisotopic (exact) mass is 408 g/mol. The highest BCUT2D eigenvalue weighted by molar-refractivity contribution is 7.99. The number of anilines is 2. The largest absolute Gasteiger partial charge is 0.417 e. The van der Waals surface area contributed by atoms with Crippen LogP contribution in [0.4, 0.5) is 24.5 Å². The summed E-state index contributed by atoms with van der Waals surface area (Å²) in [4.78, 5) is 0.890. The third-order valence-electron chi connectivity index (χ3n) is 3.46. The molecule has 0 unspecified atom stereocenters. The van der Waals surface area contributed by atoms with Crippen LogP contribution in [0.1, 0.15) is 5.56 Å². The predicted molar refractivity (Wildman–Crippen MR) is 92.9 cm³/mol. The average molecular weight is 409 g/mol. The first kappa shape index (κ1) is 18.2. The fourth-order valence-corrected chi connectivity index (χ4v) is 4.48. The summed E-state index contributed by atoms with van der Waals surface area (Å²) in [5, 5.41) is 2.60. The average Bonchev–Trinajstić information content (AvgIpc) is 2.55. The van der Waals surface area contributed by atoms with Crippen LogP contribution in [0.15, 0.2) is 46.2 Å². The molecule has 0 amide bonds. The van der Waals surface area contributed by atoms with E-state index in [0.29, 0.717) is 18.3 Å². The summed E-state index contributed by atoms with van der Waals surface area (Å²) in [7, 11) is -4.03. The fraction of sp³-hybridized carbons (Fsp3) is 0.200. The highest BCUT2D eigenvalue weighted by Gasteiger charge is 2.33. The van der Waals surface area contributed by atoms with E-state index in [0.717, 1.165) is 16.7 Å². The summed E-state index contributed by atoms with van der Waals surface area (Å²) in [5.41, 5.74) is -0.624. The van der Waals surface area contributed by atoms with Crippen LogP contribution in [-0.4, -0.2) is 20.7 Å². The molecule has 0 saturated heterocycles. The van der Waals surface area contributed by atoms with E-state index in [-0.39, 0.29) is 10.6 Å². The van der Waals surface area contributed by atoms with Gasteiger partial charge in [-0.3, -0.25) is 4.72 Å². The molecule has 1 heterocycles. The second-order valence-corrected chi connectivity index (χ2v) is 8.46. The highest BCUT2D eigenvalue weighted by Crippen LogP contribution is 2.37. The Bertz CT molecular complexity index is 917. The zero-order chi connectivity index (χ0) is 18.2. The lowest BCUT2D eigenvalue weighted by atomic mass is 10.2. The Morgan fingerprint density at radius 3 is 2.64 bits per heavy atom. The van der Waals surface area contributed by atoms with Crippen LogP contribution in [0.5, 0.6) is 0 Å². The maximum atomic E-state index is 12.9. The summed E-state index contributed by atoms with van der Waals surface area (Å²) in [6, 6.07) is 7.41. The molecule has 0 radical (unpaired) electrons. The lowest BCUT2D eigenvalue weighted by molar-refractivity contribution is -0.137. The molecule has 4 nitrogen and oxygen atoms in total. The van der Waals surface area contributed by atoms with E-state index in [1.165, 1.54) is 18.2 Å². The molecule has 25 heavy (non-hydrogen) atoms. The lowest BCUT2D eigenvalue weighted by Crippen LogP contribution is -2.16. The quantitative estimate of drug-likeness (QED) is 0.774. The van der Waals surface area contributed by atoms with E-state index in [2.05, 4.69) is 10.0 Å². The van der Waals surface area contributed by atoms with Gasteiger partial charge < -0.3 is 5.32 Å². The van der Waals surface area contributed by atoms with Gasteiger partial charge in [0.2, 0.25) is 0 Å². The molecule has 2 N–H and O–H groups in total. The second kappa shape index (κ2) is 6.62. The minimum absolute atomic E-state index is 0.0373. The van der Waals surface area contributed by atoms with E-state index in [1.54, 1.807) is 17.8 Å². The molecule has 0 fully saturated rings. The van der Waals surface area contributed by atoms with Crippen molar-refractivity contribution in [3.05, 3.63) is 47.0 Å². The van der Waals surface area contributed by atoms with Crippen molar-refractivity contribution in [1.82, 2.24) is 0 Å². The first-order valence-electron chi connectivity index (χ1n) is 7.07. The zero-order valence-electron chi connectivity index (χ0n) is 12.5. The molecule has 0 bridgehead atoms. The van der Waals surface area contributed by atoms with Gasteiger partial charge in [-0.2, -0.15) is 13.2 Å². The van der Waals surface area contributed by atoms with Crippen LogP contribution in [0, 0.1) is 0 Å². The number of rotatable bonds is 3. The van der Waals surface area contributed by atoms with Crippen molar-refractivity contribution >= 4 is 44.8 Å². The van der Waals surface area contributed by atoms with Crippen molar-refractivity contribution in [2.24, 2.45) is 0 Å². The summed E-state index contributed by atoms with van der Waals surface area (Å²) in [6.07, 6.45) is -4.68. The van der Waals surface area contributed by atoms with Gasteiger partial charge in [-0.15, -0.1) is 11.8 Å². The maximum Gasteiger partial charge on any atom is 0.417 e. The van der Waals surface area contributed by atoms with E-state index in [4.69, 9.17) is 11.6 Å². The number of fused-ring (bicyclic) bond motifs is 1. The third kappa shape index (κ3) is 3.99. The van der Waals surface area contributed by atoms with Crippen LogP contribution in [0.25, 0.3) is 0 Å². The number of hydrogen-bond donors (Lipinski definition) is 2. The SMILES string of the molecule is O=S(=O)(Nc1ccc(Cl)c(C(F)(F)F)c1)c1ccc2c(c1)NCCS2. The van der Waals surface area contributed by atoms with E-state index < -0.39 is 26.8 Å². The molecule has 3 rings (SSSR count). The van der Waals surface area contributed by atoms with Gasteiger partial charge in [-0.05, 0) is 36.4 Å². The van der Waals surface area contributed by atoms with Gasteiger partial charge in [-0.1, -0.05) is 11.6 Å². The minimum atomic E-state index is -4.68. The van der Waals surface area contributed by atoms with Gasteiger partial charge in [0.15, 0.2) is 0 Å². The molecule has 2 aromatic rings. The number of sulfonamides is 1. The van der Waals surface area contributed by atoms with Gasteiger partial charge in [0.05, 0.1) is 15.5 Å². The Morgan fingerprint density at radius 2 is 1.92 bits per heavy atom. The Labute approximate surface area is 151 Å². The standard InChI is InChI=1S/C15H12ClF3N2O2S2/c16-12-3-1-9(7-11(12)15(17,18)19)21-25(22,23)10-2-4-14-13(8-10)20-5-6-24-14/h1-4,7-8,20-21H,5-6H2. The number of halogens is 4. The number of thioether (sulfide) groups is 1. The molecular formula is C15H12ClF3N2O2S2. The van der Waals surface area contributed by atoms with Crippen molar-refractivity contribution in [2.45, 2.75) is 16.0 Å². The van der Waals surface area contributed by atoms with Gasteiger partial charge in [0, 0.05) is 28.6 Å². The molecule has 0 spiro atoms. The number of alkyl halides is 3. The van der Waals surface area contributed by atoms with Crippen molar-refractivity contribution in [3.63, 3.8) is 0 Å². The van der Waals surface area contributed by atoms with E-state index >= 15 is 0 Å². The van der Waals surface area contributed by atoms with Crippen molar-refractivity contribution in [1.29, 1.82) is 0 Å². The lowest BCUT2D eigenvalue weighted by Gasteiger charge is -2.18. The Kier molecular flexibility index (Phi) is 4.82. The number of benzene rings is 2. The Balaban J connectivity index is 1.92. The summed E-state index contributed by atoms with van der Waals surface area (Å²) < 4.78 is 65.8. The second-order valence-electron chi connectivity index (χ2n) is 5.23. The van der Waals surface area contributed by atoms with Crippen LogP contribution in [0.3, 0.4) is 0 Å². The smallest absolute Gasteiger partial charge is 0.383 e. The topological polar surface area (TPSA) is 58.2 Å². The molecule has 1 aliphatic heterocycles. The molecular weight excluding hydrogens is 397 g/mol. The molecule has 0 aliphatic carbocycles. The Hall–Kier alpha value is -1.58. The normalized spacial score (nSPS) is 14.6. The predicted octanol–water partition coefficient (Wildman–Crippen LogP) is 4.68. The number of nitrogens with one attached hydrogen (secondary N) is 2. The van der Waals surface area contributed by atoms with Crippen LogP contribution >= 0.6 is 23.4 Å². The van der Waals surface area contributed by atoms with Crippen LogP contribution in [0.2, 0.25) is 5.02 Å². The third-order valence-corrected chi connectivity index (χ3v) is 6.24. The summed E-state index contributed by atoms with van der Waals surface area (Å²) in [6.45, 7) is 0.709. The molecule has 2 aromatic carbocycles. The minimum Gasteiger partial charge on any atom is -0.383 e. The zero-order valence-corrected chi connectivity index (χ0v) is 14.9. The summed E-state index contributed by atoms with van der Waals surface area (Å²) in [5.74, 6) is 0.877. The molecule has 10 heteroatoms. The highest BCUT2D eigenvalue weighted by atomic mass is 35.5. The van der Waals surface area contributed by atoms with Crippen LogP contribution < -0.4 is 10.0 Å². The van der Waals surface area contributed by atoms with E-state index in [9.17, 15) is 21.6 Å². The Morgan fingerprint density at radius 1 is 1.16 bits per heavy atom. The first-order valence-corrected chi connectivity index (χ1v) is 9.92. The fourth-order valence-electron chi connectivity index (χ4n) is 2.31. The van der Waals surface area contributed by atoms with E-state index in [1.807, 2.05) is 0 Å². The maximum absolute atomic E-state index is 12.9. The molecule has 0 atom stereocenters. The van der Waals surface area contributed by atoms with Crippen molar-refractivity contribution in [3.8, 4) is 0 Å². The molecule has 134 valence electrons. The summed E-state index contributed by atoms with van der Waals surface area (Å²) >= 11 is 7.14.